The van der Waals surface area contributed by atoms with Crippen LogP contribution in [-0.4, -0.2) is 30.4 Å². The molecular weight excluding hydrogens is 467 g/mol. The summed E-state index contributed by atoms with van der Waals surface area (Å²) in [5.74, 6) is -1.30. The Morgan fingerprint density at radius 2 is 1.78 bits per heavy atom. The molecule has 1 N–H and O–H groups in total. The molecule has 37 heavy (non-hydrogen) atoms. The van der Waals surface area contributed by atoms with Crippen LogP contribution in [0.3, 0.4) is 0 Å². The summed E-state index contributed by atoms with van der Waals surface area (Å²) in [6.45, 7) is 8.75. The molecule has 1 saturated heterocycles. The fourth-order valence-corrected chi connectivity index (χ4v) is 5.04. The van der Waals surface area contributed by atoms with Gasteiger partial charge >= 0.3 is 0 Å². The number of carbonyl (C=O) groups is 2. The van der Waals surface area contributed by atoms with E-state index in [4.69, 9.17) is 4.74 Å². The molecule has 6 heteroatoms. The number of piperidine rings is 1. The number of rotatable bonds is 5. The van der Waals surface area contributed by atoms with Gasteiger partial charge < -0.3 is 15.0 Å². The van der Waals surface area contributed by atoms with Gasteiger partial charge in [0.25, 0.3) is 5.91 Å². The Labute approximate surface area is 218 Å². The van der Waals surface area contributed by atoms with Gasteiger partial charge in [0, 0.05) is 17.8 Å². The molecule has 4 rings (SSSR count). The van der Waals surface area contributed by atoms with E-state index in [1.807, 2.05) is 49.4 Å². The summed E-state index contributed by atoms with van der Waals surface area (Å²) in [6.07, 6.45) is 1.26. The number of halogens is 1. The third-order valence-corrected chi connectivity index (χ3v) is 7.12. The summed E-state index contributed by atoms with van der Waals surface area (Å²) in [7, 11) is 1.41. The minimum absolute atomic E-state index is 0.0640. The second-order valence-electron chi connectivity index (χ2n) is 10.7. The summed E-state index contributed by atoms with van der Waals surface area (Å²) in [4.78, 5) is 29.2. The van der Waals surface area contributed by atoms with Gasteiger partial charge in [0.05, 0.1) is 19.1 Å². The molecule has 194 valence electrons. The third-order valence-electron chi connectivity index (χ3n) is 7.12. The predicted octanol–water partition coefficient (Wildman–Crippen LogP) is 6.67. The zero-order valence-corrected chi connectivity index (χ0v) is 22.2. The van der Waals surface area contributed by atoms with Crippen molar-refractivity contribution in [2.45, 2.75) is 52.0 Å². The van der Waals surface area contributed by atoms with E-state index in [2.05, 4.69) is 26.1 Å². The highest BCUT2D eigenvalue weighted by atomic mass is 19.1. The first-order valence-electron chi connectivity index (χ1n) is 12.7. The first-order chi connectivity index (χ1) is 17.6. The quantitative estimate of drug-likeness (QED) is 0.424. The number of nitrogens with zero attached hydrogens (tertiary/aromatic N) is 1. The second kappa shape index (κ2) is 10.8. The average molecular weight is 503 g/mol. The molecule has 0 aromatic heterocycles. The van der Waals surface area contributed by atoms with Crippen LogP contribution in [0, 0.1) is 18.7 Å². The normalized spacial score (nSPS) is 17.8. The van der Waals surface area contributed by atoms with Crippen molar-refractivity contribution in [3.63, 3.8) is 0 Å². The molecule has 0 radical (unpaired) electrons. The summed E-state index contributed by atoms with van der Waals surface area (Å²) >= 11 is 0. The highest BCUT2D eigenvalue weighted by Crippen LogP contribution is 2.39. The van der Waals surface area contributed by atoms with Gasteiger partial charge in [-0.25, -0.2) is 4.39 Å². The number of hydrogen-bond donors (Lipinski definition) is 1. The highest BCUT2D eigenvalue weighted by molar-refractivity contribution is 5.98. The molecule has 1 fully saturated rings. The molecule has 0 saturated carbocycles. The van der Waals surface area contributed by atoms with E-state index in [9.17, 15) is 14.0 Å². The fourth-order valence-electron chi connectivity index (χ4n) is 5.04. The number of hydrogen-bond acceptors (Lipinski definition) is 3. The Bertz CT molecular complexity index is 1300. The van der Waals surface area contributed by atoms with Crippen molar-refractivity contribution < 1.29 is 18.7 Å². The molecule has 3 aromatic rings. The maximum absolute atomic E-state index is 14.8. The van der Waals surface area contributed by atoms with Crippen molar-refractivity contribution in [3.8, 4) is 5.75 Å². The number of anilines is 1. The number of nitrogens with one attached hydrogen (secondary N) is 1. The van der Waals surface area contributed by atoms with Gasteiger partial charge in [-0.1, -0.05) is 57.2 Å². The van der Waals surface area contributed by atoms with Crippen molar-refractivity contribution in [1.29, 1.82) is 0 Å². The molecule has 2 atom stereocenters. The minimum atomic E-state index is -0.618. The van der Waals surface area contributed by atoms with E-state index < -0.39 is 17.8 Å². The van der Waals surface area contributed by atoms with Crippen LogP contribution in [0.2, 0.25) is 0 Å². The number of carbonyl (C=O) groups excluding carboxylic acids is 2. The zero-order chi connectivity index (χ0) is 26.7. The van der Waals surface area contributed by atoms with Crippen molar-refractivity contribution in [3.05, 3.63) is 94.8 Å². The number of aryl methyl sites for hydroxylation is 1. The van der Waals surface area contributed by atoms with Crippen molar-refractivity contribution in [2.24, 2.45) is 5.92 Å². The summed E-state index contributed by atoms with van der Waals surface area (Å²) in [6, 6.07) is 19.3. The maximum Gasteiger partial charge on any atom is 0.254 e. The van der Waals surface area contributed by atoms with Crippen LogP contribution < -0.4 is 10.1 Å². The Kier molecular flexibility index (Phi) is 7.67. The fraction of sp³-hybridized carbons (Fsp3) is 0.355. The lowest BCUT2D eigenvalue weighted by atomic mass is 9.83. The Hall–Kier alpha value is -3.67. The number of amides is 2. The van der Waals surface area contributed by atoms with E-state index in [-0.39, 0.29) is 23.0 Å². The monoisotopic (exact) mass is 502 g/mol. The highest BCUT2D eigenvalue weighted by Gasteiger charge is 2.40. The Morgan fingerprint density at radius 3 is 2.46 bits per heavy atom. The number of benzene rings is 3. The average Bonchev–Trinajstić information content (AvgIpc) is 2.87. The van der Waals surface area contributed by atoms with Crippen LogP contribution in [0.15, 0.2) is 66.7 Å². The van der Waals surface area contributed by atoms with E-state index in [0.717, 1.165) is 11.1 Å². The molecule has 1 aliphatic heterocycles. The summed E-state index contributed by atoms with van der Waals surface area (Å²) < 4.78 is 19.9. The molecule has 1 heterocycles. The SMILES string of the molecule is COc1ccc(C2C(C(=O)Nc3cccc(C(C)(C)C)c3)CCCN2C(=O)c2ccccc2C)cc1F. The lowest BCUT2D eigenvalue weighted by Gasteiger charge is -2.41. The molecule has 0 spiro atoms. The van der Waals surface area contributed by atoms with Gasteiger partial charge in [0.15, 0.2) is 11.6 Å². The van der Waals surface area contributed by atoms with Crippen LogP contribution >= 0.6 is 0 Å². The van der Waals surface area contributed by atoms with E-state index in [1.165, 1.54) is 13.2 Å². The lowest BCUT2D eigenvalue weighted by Crippen LogP contribution is -2.46. The van der Waals surface area contributed by atoms with Crippen molar-refractivity contribution in [2.75, 3.05) is 19.0 Å². The molecule has 5 nitrogen and oxygen atoms in total. The molecule has 2 amide bonds. The first kappa shape index (κ1) is 26.4. The van der Waals surface area contributed by atoms with E-state index in [0.29, 0.717) is 36.2 Å². The smallest absolute Gasteiger partial charge is 0.254 e. The van der Waals surface area contributed by atoms with Gasteiger partial charge in [-0.15, -0.1) is 0 Å². The minimum Gasteiger partial charge on any atom is -0.494 e. The second-order valence-corrected chi connectivity index (χ2v) is 10.7. The van der Waals surface area contributed by atoms with Crippen LogP contribution in [0.5, 0.6) is 5.75 Å². The standard InChI is InChI=1S/C31H35FN2O3/c1-20-10-6-7-13-24(20)30(36)34-17-9-14-25(28(34)21-15-16-27(37-5)26(32)18-21)29(35)33-23-12-8-11-22(19-23)31(2,3)4/h6-8,10-13,15-16,18-19,25,28H,9,14,17H2,1-5H3,(H,33,35). The topological polar surface area (TPSA) is 58.6 Å². The third kappa shape index (κ3) is 5.68. The molecule has 1 aliphatic rings. The summed E-state index contributed by atoms with van der Waals surface area (Å²) in [5.41, 5.74) is 3.77. The Morgan fingerprint density at radius 1 is 1.03 bits per heavy atom. The summed E-state index contributed by atoms with van der Waals surface area (Å²) in [5, 5.41) is 3.08. The molecular formula is C31H35FN2O3. The van der Waals surface area contributed by atoms with Gasteiger partial charge in [-0.3, -0.25) is 9.59 Å². The number of methoxy groups -OCH3 is 1. The van der Waals surface area contributed by atoms with E-state index >= 15 is 0 Å². The molecule has 3 aromatic carbocycles. The zero-order valence-electron chi connectivity index (χ0n) is 22.2. The molecule has 0 aliphatic carbocycles. The van der Waals surface area contributed by atoms with Crippen molar-refractivity contribution >= 4 is 17.5 Å². The van der Waals surface area contributed by atoms with Gasteiger partial charge in [0.1, 0.15) is 0 Å². The molecule has 2 unspecified atom stereocenters. The maximum atomic E-state index is 14.8. The Balaban J connectivity index is 1.72. The molecule has 0 bridgehead atoms. The van der Waals surface area contributed by atoms with Gasteiger partial charge in [-0.05, 0) is 72.2 Å². The van der Waals surface area contributed by atoms with Gasteiger partial charge in [-0.2, -0.15) is 0 Å². The largest absolute Gasteiger partial charge is 0.494 e. The van der Waals surface area contributed by atoms with Crippen LogP contribution in [-0.2, 0) is 10.2 Å². The lowest BCUT2D eigenvalue weighted by molar-refractivity contribution is -0.123. The number of ether oxygens (including phenoxy) is 1. The first-order valence-corrected chi connectivity index (χ1v) is 12.7. The van der Waals surface area contributed by atoms with Crippen LogP contribution in [0.4, 0.5) is 10.1 Å². The van der Waals surface area contributed by atoms with Crippen LogP contribution in [0.25, 0.3) is 0 Å². The van der Waals surface area contributed by atoms with Gasteiger partial charge in [0.2, 0.25) is 5.91 Å². The van der Waals surface area contributed by atoms with Crippen molar-refractivity contribution in [1.82, 2.24) is 4.90 Å². The predicted molar refractivity (Wildman–Crippen MR) is 144 cm³/mol. The number of likely N-dealkylation sites (tertiary alicyclic amines) is 1. The van der Waals surface area contributed by atoms with E-state index in [1.54, 1.807) is 23.1 Å². The van der Waals surface area contributed by atoms with Crippen LogP contribution in [0.1, 0.15) is 66.7 Å².